The monoisotopic (exact) mass is 172 g/mol. The molecule has 70 valence electrons. The summed E-state index contributed by atoms with van der Waals surface area (Å²) in [6, 6.07) is 0.362. The minimum atomic E-state index is -0.318. The number of aliphatic hydroxyl groups excluding tert-OH is 1. The summed E-state index contributed by atoms with van der Waals surface area (Å²) in [6.45, 7) is 0.251. The van der Waals surface area contributed by atoms with Crippen LogP contribution in [0.1, 0.15) is 25.7 Å². The zero-order valence-corrected chi connectivity index (χ0v) is 7.12. The van der Waals surface area contributed by atoms with E-state index in [1.54, 1.807) is 0 Å². The highest BCUT2D eigenvalue weighted by Gasteiger charge is 2.18. The Bertz CT molecular complexity index is 153. The van der Waals surface area contributed by atoms with Gasteiger partial charge in [-0.1, -0.05) is 0 Å². The lowest BCUT2D eigenvalue weighted by Gasteiger charge is -2.25. The highest BCUT2D eigenvalue weighted by Crippen LogP contribution is 2.17. The third kappa shape index (κ3) is 3.19. The van der Waals surface area contributed by atoms with Gasteiger partial charge in [-0.2, -0.15) is 0 Å². The Kier molecular flexibility index (Phi) is 3.49. The van der Waals surface area contributed by atoms with E-state index in [1.807, 2.05) is 0 Å². The highest BCUT2D eigenvalue weighted by atomic mass is 16.3. The SMILES string of the molecule is NC(=O)CNC1CCC(O)CC1. The quantitative estimate of drug-likeness (QED) is 0.530. The molecule has 4 nitrogen and oxygen atoms in total. The zero-order chi connectivity index (χ0) is 8.97. The molecule has 0 aromatic carbocycles. The summed E-state index contributed by atoms with van der Waals surface area (Å²) in [4.78, 5) is 10.4. The van der Waals surface area contributed by atoms with Crippen molar-refractivity contribution in [1.29, 1.82) is 0 Å². The molecule has 0 aromatic rings. The Labute approximate surface area is 72.1 Å². The van der Waals surface area contributed by atoms with Crippen LogP contribution in [0.3, 0.4) is 0 Å². The molecule has 0 bridgehead atoms. The molecule has 1 amide bonds. The van der Waals surface area contributed by atoms with Gasteiger partial charge in [-0.3, -0.25) is 4.79 Å². The van der Waals surface area contributed by atoms with Gasteiger partial charge in [0.2, 0.25) is 5.91 Å². The van der Waals surface area contributed by atoms with Crippen LogP contribution in [0, 0.1) is 0 Å². The second-order valence-corrected chi connectivity index (χ2v) is 3.35. The van der Waals surface area contributed by atoms with Crippen LogP contribution < -0.4 is 11.1 Å². The number of carbonyl (C=O) groups excluding carboxylic acids is 1. The van der Waals surface area contributed by atoms with E-state index in [1.165, 1.54) is 0 Å². The minimum absolute atomic E-state index is 0.142. The van der Waals surface area contributed by atoms with Crippen LogP contribution in [0.5, 0.6) is 0 Å². The average molecular weight is 172 g/mol. The molecular formula is C8H16N2O2. The minimum Gasteiger partial charge on any atom is -0.393 e. The standard InChI is InChI=1S/C8H16N2O2/c9-8(12)5-10-6-1-3-7(11)4-2-6/h6-7,10-11H,1-5H2,(H2,9,12). The number of nitrogens with two attached hydrogens (primary N) is 1. The van der Waals surface area contributed by atoms with Crippen molar-refractivity contribution in [2.24, 2.45) is 5.73 Å². The smallest absolute Gasteiger partial charge is 0.231 e. The Morgan fingerprint density at radius 3 is 2.50 bits per heavy atom. The van der Waals surface area contributed by atoms with Crippen LogP contribution >= 0.6 is 0 Å². The molecule has 4 N–H and O–H groups in total. The van der Waals surface area contributed by atoms with Crippen LogP contribution in [0.25, 0.3) is 0 Å². The number of amides is 1. The van der Waals surface area contributed by atoms with Gasteiger partial charge >= 0.3 is 0 Å². The van der Waals surface area contributed by atoms with Crippen molar-refractivity contribution >= 4 is 5.91 Å². The largest absolute Gasteiger partial charge is 0.393 e. The Hall–Kier alpha value is -0.610. The van der Waals surface area contributed by atoms with Crippen molar-refractivity contribution in [2.45, 2.75) is 37.8 Å². The number of rotatable bonds is 3. The topological polar surface area (TPSA) is 75.4 Å². The van der Waals surface area contributed by atoms with Gasteiger partial charge < -0.3 is 16.2 Å². The van der Waals surface area contributed by atoms with Crippen LogP contribution in [-0.2, 0) is 4.79 Å². The summed E-state index contributed by atoms with van der Waals surface area (Å²) < 4.78 is 0. The second kappa shape index (κ2) is 4.42. The van der Waals surface area contributed by atoms with Crippen LogP contribution in [0.4, 0.5) is 0 Å². The summed E-state index contributed by atoms with van der Waals surface area (Å²) in [5.74, 6) is -0.318. The van der Waals surface area contributed by atoms with Gasteiger partial charge in [0, 0.05) is 6.04 Å². The fraction of sp³-hybridized carbons (Fsp3) is 0.875. The van der Waals surface area contributed by atoms with E-state index >= 15 is 0 Å². The number of hydrogen-bond acceptors (Lipinski definition) is 3. The summed E-state index contributed by atoms with van der Waals surface area (Å²) in [7, 11) is 0. The van der Waals surface area contributed by atoms with Crippen molar-refractivity contribution in [3.8, 4) is 0 Å². The number of nitrogens with one attached hydrogen (secondary N) is 1. The fourth-order valence-corrected chi connectivity index (χ4v) is 1.52. The summed E-state index contributed by atoms with van der Waals surface area (Å²) in [6.07, 6.45) is 3.40. The van der Waals surface area contributed by atoms with Crippen LogP contribution in [0.2, 0.25) is 0 Å². The van der Waals surface area contributed by atoms with Gasteiger partial charge in [0.1, 0.15) is 0 Å². The third-order valence-corrected chi connectivity index (χ3v) is 2.26. The first kappa shape index (κ1) is 9.48. The molecule has 1 aliphatic carbocycles. The molecule has 0 spiro atoms. The zero-order valence-electron chi connectivity index (χ0n) is 7.12. The number of carbonyl (C=O) groups is 1. The maximum Gasteiger partial charge on any atom is 0.231 e. The first-order valence-electron chi connectivity index (χ1n) is 4.38. The van der Waals surface area contributed by atoms with E-state index in [0.717, 1.165) is 25.7 Å². The number of primary amides is 1. The number of hydrogen-bond donors (Lipinski definition) is 3. The van der Waals surface area contributed by atoms with Crippen molar-refractivity contribution < 1.29 is 9.90 Å². The molecule has 1 aliphatic rings. The van der Waals surface area contributed by atoms with E-state index in [4.69, 9.17) is 5.73 Å². The van der Waals surface area contributed by atoms with Gasteiger partial charge in [0.05, 0.1) is 12.6 Å². The number of aliphatic hydroxyl groups is 1. The van der Waals surface area contributed by atoms with Crippen molar-refractivity contribution in [2.75, 3.05) is 6.54 Å². The lowest BCUT2D eigenvalue weighted by atomic mass is 9.93. The fourth-order valence-electron chi connectivity index (χ4n) is 1.52. The van der Waals surface area contributed by atoms with Crippen LogP contribution in [-0.4, -0.2) is 29.7 Å². The predicted octanol–water partition coefficient (Wildman–Crippen LogP) is -0.635. The molecule has 0 radical (unpaired) electrons. The average Bonchev–Trinajstić information content (AvgIpc) is 2.03. The van der Waals surface area contributed by atoms with Gasteiger partial charge in [-0.25, -0.2) is 0 Å². The molecule has 1 rings (SSSR count). The molecule has 12 heavy (non-hydrogen) atoms. The maximum atomic E-state index is 10.4. The molecule has 4 heteroatoms. The van der Waals surface area contributed by atoms with Gasteiger partial charge in [-0.05, 0) is 25.7 Å². The first-order valence-corrected chi connectivity index (χ1v) is 4.38. The van der Waals surface area contributed by atoms with E-state index in [2.05, 4.69) is 5.32 Å². The molecule has 1 fully saturated rings. The molecule has 0 aromatic heterocycles. The summed E-state index contributed by atoms with van der Waals surface area (Å²) in [5.41, 5.74) is 4.99. The summed E-state index contributed by atoms with van der Waals surface area (Å²) >= 11 is 0. The van der Waals surface area contributed by atoms with E-state index < -0.39 is 0 Å². The molecule has 0 unspecified atom stereocenters. The normalized spacial score (nSPS) is 30.1. The van der Waals surface area contributed by atoms with Crippen molar-refractivity contribution in [1.82, 2.24) is 5.32 Å². The highest BCUT2D eigenvalue weighted by molar-refractivity contribution is 5.75. The van der Waals surface area contributed by atoms with Gasteiger partial charge in [0.15, 0.2) is 0 Å². The maximum absolute atomic E-state index is 10.4. The van der Waals surface area contributed by atoms with E-state index in [-0.39, 0.29) is 18.6 Å². The van der Waals surface area contributed by atoms with Gasteiger partial charge in [0.25, 0.3) is 0 Å². The van der Waals surface area contributed by atoms with Gasteiger partial charge in [-0.15, -0.1) is 0 Å². The van der Waals surface area contributed by atoms with Crippen LogP contribution in [0.15, 0.2) is 0 Å². The third-order valence-electron chi connectivity index (χ3n) is 2.26. The molecular weight excluding hydrogens is 156 g/mol. The lowest BCUT2D eigenvalue weighted by molar-refractivity contribution is -0.117. The first-order chi connectivity index (χ1) is 5.68. The van der Waals surface area contributed by atoms with E-state index in [9.17, 15) is 9.90 Å². The van der Waals surface area contributed by atoms with Crippen molar-refractivity contribution in [3.63, 3.8) is 0 Å². The molecule has 0 atom stereocenters. The predicted molar refractivity (Wildman–Crippen MR) is 45.5 cm³/mol. The Balaban J connectivity index is 2.13. The molecule has 0 heterocycles. The molecule has 0 aliphatic heterocycles. The molecule has 1 saturated carbocycles. The summed E-state index contributed by atoms with van der Waals surface area (Å²) in [5, 5.41) is 12.2. The lowest BCUT2D eigenvalue weighted by Crippen LogP contribution is -2.39. The second-order valence-electron chi connectivity index (χ2n) is 3.35. The van der Waals surface area contributed by atoms with Crippen molar-refractivity contribution in [3.05, 3.63) is 0 Å². The molecule has 0 saturated heterocycles. The Morgan fingerprint density at radius 1 is 1.42 bits per heavy atom. The van der Waals surface area contributed by atoms with E-state index in [0.29, 0.717) is 6.04 Å². The Morgan fingerprint density at radius 2 is 2.00 bits per heavy atom.